The molecule has 22 heavy (non-hydrogen) atoms. The Labute approximate surface area is 127 Å². The zero-order chi connectivity index (χ0) is 16.0. The van der Waals surface area contributed by atoms with Gasteiger partial charge < -0.3 is 10.0 Å². The number of carboxylic acids is 1. The Morgan fingerprint density at radius 2 is 2.00 bits per heavy atom. The second-order valence-corrected chi connectivity index (χ2v) is 6.12. The van der Waals surface area contributed by atoms with Gasteiger partial charge in [-0.05, 0) is 30.3 Å². The molecule has 0 saturated heterocycles. The van der Waals surface area contributed by atoms with E-state index in [-0.39, 0.29) is 26.6 Å². The lowest BCUT2D eigenvalue weighted by molar-refractivity contribution is 0.0696. The zero-order valence-corrected chi connectivity index (χ0v) is 12.2. The van der Waals surface area contributed by atoms with E-state index in [9.17, 15) is 18.2 Å². The molecule has 1 aliphatic heterocycles. The summed E-state index contributed by atoms with van der Waals surface area (Å²) >= 11 is 0. The fraction of sp³-hybridized carbons (Fsp3) is 0.0667. The first-order chi connectivity index (χ1) is 10.4. The largest absolute Gasteiger partial charge is 0.478 e. The van der Waals surface area contributed by atoms with Gasteiger partial charge in [-0.25, -0.2) is 13.4 Å². The molecule has 0 radical (unpaired) electrons. The summed E-state index contributed by atoms with van der Waals surface area (Å²) in [6, 6.07) is 7.80. The molecule has 1 amide bonds. The molecule has 7 heteroatoms. The van der Waals surface area contributed by atoms with E-state index in [1.54, 1.807) is 0 Å². The molecular weight excluding hydrogens is 309 g/mol. The molecular formula is C15H10FNO4S. The minimum absolute atomic E-state index is 0.00825. The smallest absolute Gasteiger partial charge is 0.335 e. The van der Waals surface area contributed by atoms with Gasteiger partial charge in [0.2, 0.25) is 0 Å². The lowest BCUT2D eigenvalue weighted by Crippen LogP contribution is -2.26. The lowest BCUT2D eigenvalue weighted by Gasteiger charge is -2.17. The third-order valence-electron chi connectivity index (χ3n) is 3.45. The average Bonchev–Trinajstić information content (AvgIpc) is 2.58. The predicted molar refractivity (Wildman–Crippen MR) is 77.2 cm³/mol. The van der Waals surface area contributed by atoms with Crippen molar-refractivity contribution in [2.75, 3.05) is 11.9 Å². The number of hydrogen-bond donors (Lipinski definition) is 1. The molecule has 112 valence electrons. The third-order valence-corrected chi connectivity index (χ3v) is 4.98. The summed E-state index contributed by atoms with van der Waals surface area (Å²) < 4.78 is 26.7. The summed E-state index contributed by atoms with van der Waals surface area (Å²) in [7, 11) is -0.478. The first-order valence-electron chi connectivity index (χ1n) is 6.27. The highest BCUT2D eigenvalue weighted by Crippen LogP contribution is 2.35. The van der Waals surface area contributed by atoms with E-state index in [2.05, 4.69) is 0 Å². The van der Waals surface area contributed by atoms with Crippen LogP contribution in [0, 0.1) is 5.82 Å². The Balaban J connectivity index is 2.33. The van der Waals surface area contributed by atoms with Crippen LogP contribution in [0.3, 0.4) is 0 Å². The number of carbonyl (C=O) groups excluding carboxylic acids is 1. The van der Waals surface area contributed by atoms with Crippen LogP contribution in [0.1, 0.15) is 20.7 Å². The van der Waals surface area contributed by atoms with Crippen LogP contribution in [0.15, 0.2) is 46.2 Å². The number of carbonyl (C=O) groups is 2. The number of carboxylic acid groups (broad SMARTS) is 1. The van der Waals surface area contributed by atoms with E-state index in [0.29, 0.717) is 0 Å². The molecule has 0 fully saturated rings. The Morgan fingerprint density at radius 3 is 2.68 bits per heavy atom. The van der Waals surface area contributed by atoms with Gasteiger partial charge in [0.05, 0.1) is 37.4 Å². The average molecular weight is 319 g/mol. The first-order valence-corrected chi connectivity index (χ1v) is 7.42. The summed E-state index contributed by atoms with van der Waals surface area (Å²) in [6.07, 6.45) is 0. The topological polar surface area (TPSA) is 74.7 Å². The standard InChI is InChI=1S/C15H10FNO4S/c1-17-11-7-8(15(19)20)5-6-12(11)22(21)13-9(14(17)18)3-2-4-10(13)16/h2-7H,1H3,(H,19,20). The summed E-state index contributed by atoms with van der Waals surface area (Å²) in [5.41, 5.74) is 0.162. The van der Waals surface area contributed by atoms with Gasteiger partial charge in [-0.2, -0.15) is 0 Å². The number of nitrogens with zero attached hydrogens (tertiary/aromatic N) is 1. The van der Waals surface area contributed by atoms with Crippen molar-refractivity contribution in [3.05, 3.63) is 53.3 Å². The molecule has 0 saturated carbocycles. The first kappa shape index (κ1) is 14.4. The van der Waals surface area contributed by atoms with Gasteiger partial charge in [-0.3, -0.25) is 4.79 Å². The van der Waals surface area contributed by atoms with Crippen LogP contribution >= 0.6 is 0 Å². The van der Waals surface area contributed by atoms with Crippen LogP contribution in [0.2, 0.25) is 0 Å². The van der Waals surface area contributed by atoms with Crippen molar-refractivity contribution in [1.29, 1.82) is 0 Å². The van der Waals surface area contributed by atoms with Crippen LogP contribution < -0.4 is 4.90 Å². The van der Waals surface area contributed by atoms with E-state index in [4.69, 9.17) is 5.11 Å². The van der Waals surface area contributed by atoms with Gasteiger partial charge in [0.15, 0.2) is 0 Å². The molecule has 3 rings (SSSR count). The lowest BCUT2D eigenvalue weighted by atomic mass is 10.1. The van der Waals surface area contributed by atoms with Crippen LogP contribution in [-0.2, 0) is 10.8 Å². The highest BCUT2D eigenvalue weighted by molar-refractivity contribution is 7.85. The van der Waals surface area contributed by atoms with Crippen molar-refractivity contribution in [2.24, 2.45) is 0 Å². The molecule has 5 nitrogen and oxygen atoms in total. The zero-order valence-electron chi connectivity index (χ0n) is 11.4. The minimum atomic E-state index is -1.91. The number of aromatic carboxylic acids is 1. The molecule has 1 heterocycles. The molecule has 1 N–H and O–H groups in total. The van der Waals surface area contributed by atoms with Crippen molar-refractivity contribution >= 4 is 28.4 Å². The molecule has 2 aromatic rings. The molecule has 1 atom stereocenters. The van der Waals surface area contributed by atoms with Crippen molar-refractivity contribution < 1.29 is 23.3 Å². The molecule has 0 spiro atoms. The van der Waals surface area contributed by atoms with Gasteiger partial charge in [0, 0.05) is 7.05 Å². The Kier molecular flexibility index (Phi) is 3.29. The minimum Gasteiger partial charge on any atom is -0.478 e. The highest BCUT2D eigenvalue weighted by atomic mass is 32.2. The summed E-state index contributed by atoms with van der Waals surface area (Å²) in [5, 5.41) is 9.05. The normalized spacial score (nSPS) is 16.7. The van der Waals surface area contributed by atoms with E-state index >= 15 is 0 Å². The monoisotopic (exact) mass is 319 g/mol. The maximum absolute atomic E-state index is 14.0. The maximum Gasteiger partial charge on any atom is 0.335 e. The SMILES string of the molecule is CN1C(=O)c2cccc(F)c2S(=O)c2ccc(C(=O)O)cc21. The number of rotatable bonds is 1. The Morgan fingerprint density at radius 1 is 1.27 bits per heavy atom. The summed E-state index contributed by atoms with van der Waals surface area (Å²) in [4.78, 5) is 24.7. The number of halogens is 1. The third kappa shape index (κ3) is 2.01. The van der Waals surface area contributed by atoms with Crippen LogP contribution in [0.25, 0.3) is 0 Å². The van der Waals surface area contributed by atoms with Gasteiger partial charge in [0.25, 0.3) is 5.91 Å². The quantitative estimate of drug-likeness (QED) is 0.875. The van der Waals surface area contributed by atoms with Crippen LogP contribution in [0.4, 0.5) is 10.1 Å². The molecule has 1 unspecified atom stereocenters. The summed E-state index contributed by atoms with van der Waals surface area (Å²) in [5.74, 6) is -2.43. The van der Waals surface area contributed by atoms with Crippen molar-refractivity contribution in [3.63, 3.8) is 0 Å². The predicted octanol–water partition coefficient (Wildman–Crippen LogP) is 2.28. The fourth-order valence-corrected chi connectivity index (χ4v) is 3.73. The molecule has 0 aromatic heterocycles. The van der Waals surface area contributed by atoms with Crippen molar-refractivity contribution in [1.82, 2.24) is 0 Å². The number of fused-ring (bicyclic) bond motifs is 2. The van der Waals surface area contributed by atoms with Gasteiger partial charge >= 0.3 is 5.97 Å². The van der Waals surface area contributed by atoms with Crippen molar-refractivity contribution in [2.45, 2.75) is 9.79 Å². The number of anilines is 1. The Bertz CT molecular complexity index is 849. The highest BCUT2D eigenvalue weighted by Gasteiger charge is 2.31. The molecule has 1 aliphatic rings. The number of hydrogen-bond acceptors (Lipinski definition) is 3. The maximum atomic E-state index is 14.0. The second kappa shape index (κ2) is 5.03. The van der Waals surface area contributed by atoms with Gasteiger partial charge in [-0.15, -0.1) is 0 Å². The van der Waals surface area contributed by atoms with E-state index in [1.165, 1.54) is 42.3 Å². The van der Waals surface area contributed by atoms with Crippen LogP contribution in [0.5, 0.6) is 0 Å². The van der Waals surface area contributed by atoms with Gasteiger partial charge in [0.1, 0.15) is 5.82 Å². The van der Waals surface area contributed by atoms with Crippen LogP contribution in [-0.4, -0.2) is 28.2 Å². The van der Waals surface area contributed by atoms with E-state index in [0.717, 1.165) is 6.07 Å². The van der Waals surface area contributed by atoms with Gasteiger partial charge in [-0.1, -0.05) is 6.07 Å². The van der Waals surface area contributed by atoms with Crippen molar-refractivity contribution in [3.8, 4) is 0 Å². The summed E-state index contributed by atoms with van der Waals surface area (Å²) in [6.45, 7) is 0. The fourth-order valence-electron chi connectivity index (χ4n) is 2.34. The van der Waals surface area contributed by atoms with E-state index in [1.807, 2.05) is 0 Å². The Hall–Kier alpha value is -2.54. The number of amides is 1. The second-order valence-electron chi connectivity index (χ2n) is 4.74. The van der Waals surface area contributed by atoms with E-state index < -0.39 is 28.5 Å². The molecule has 0 bridgehead atoms. The molecule has 0 aliphatic carbocycles. The number of benzene rings is 2. The molecule has 2 aromatic carbocycles.